The molecule has 0 aliphatic rings. The van der Waals surface area contributed by atoms with Crippen molar-refractivity contribution in [3.8, 4) is 5.75 Å². The molecule has 17 heavy (non-hydrogen) atoms. The Morgan fingerprint density at radius 1 is 1.24 bits per heavy atom. The molecule has 0 heterocycles. The van der Waals surface area contributed by atoms with Gasteiger partial charge in [0.1, 0.15) is 11.5 Å². The number of hydrogen-bond donors (Lipinski definition) is 1. The van der Waals surface area contributed by atoms with Gasteiger partial charge in [-0.2, -0.15) is 8.42 Å². The van der Waals surface area contributed by atoms with E-state index in [1.165, 1.54) is 12.1 Å². The zero-order valence-electron chi connectivity index (χ0n) is 9.22. The summed E-state index contributed by atoms with van der Waals surface area (Å²) >= 11 is 0. The number of phenolic OH excluding ortho intramolecular Hbond substituents is 1. The third-order valence-electron chi connectivity index (χ3n) is 2.04. The summed E-state index contributed by atoms with van der Waals surface area (Å²) in [4.78, 5) is 0. The van der Waals surface area contributed by atoms with Crippen LogP contribution in [0, 0.1) is 0 Å². The van der Waals surface area contributed by atoms with Crippen LogP contribution in [0.15, 0.2) is 24.3 Å². The van der Waals surface area contributed by atoms with Gasteiger partial charge in [0.25, 0.3) is 10.1 Å². The fourth-order valence-electron chi connectivity index (χ4n) is 1.17. The first-order valence-electron chi connectivity index (χ1n) is 5.18. The van der Waals surface area contributed by atoms with E-state index in [0.717, 1.165) is 12.8 Å². The number of aromatic hydroxyl groups is 1. The van der Waals surface area contributed by atoms with Gasteiger partial charge in [0.2, 0.25) is 0 Å². The van der Waals surface area contributed by atoms with Gasteiger partial charge in [-0.1, -0.05) is 25.5 Å². The van der Waals surface area contributed by atoms with Crippen LogP contribution >= 0.6 is 0 Å². The van der Waals surface area contributed by atoms with Crippen LogP contribution in [0.25, 0.3) is 0 Å². The van der Waals surface area contributed by atoms with Gasteiger partial charge in [-0.3, -0.25) is 4.18 Å². The topological polar surface area (TPSA) is 63.6 Å². The van der Waals surface area contributed by atoms with Crippen LogP contribution < -0.4 is 0 Å². The van der Waals surface area contributed by atoms with Gasteiger partial charge in [-0.15, -0.1) is 0 Å². The van der Waals surface area contributed by atoms with Crippen LogP contribution in [0.1, 0.15) is 25.3 Å². The van der Waals surface area contributed by atoms with Crippen molar-refractivity contribution in [3.05, 3.63) is 29.8 Å². The molecule has 1 N–H and O–H groups in total. The fourth-order valence-corrected chi connectivity index (χ4v) is 2.22. The third-order valence-corrected chi connectivity index (χ3v) is 3.25. The van der Waals surface area contributed by atoms with Crippen molar-refractivity contribution in [2.24, 2.45) is 0 Å². The normalized spacial score (nSPS) is 10.9. The maximum absolute atomic E-state index is 11.5. The molecular formula is C11H18CaO4S. The van der Waals surface area contributed by atoms with Crippen molar-refractivity contribution in [1.29, 1.82) is 0 Å². The van der Waals surface area contributed by atoms with Gasteiger partial charge in [0, 0.05) is 0 Å². The summed E-state index contributed by atoms with van der Waals surface area (Å²) in [5.74, 6) is -0.0372. The van der Waals surface area contributed by atoms with E-state index in [-0.39, 0.29) is 55.8 Å². The molecule has 0 amide bonds. The first-order chi connectivity index (χ1) is 7.53. The number of rotatable bonds is 6. The van der Waals surface area contributed by atoms with E-state index in [4.69, 9.17) is 9.29 Å². The Hall–Kier alpha value is 0.190. The Morgan fingerprint density at radius 2 is 1.82 bits per heavy atom. The van der Waals surface area contributed by atoms with Crippen LogP contribution in [0.3, 0.4) is 0 Å². The minimum absolute atomic E-state index is 0. The van der Waals surface area contributed by atoms with Crippen LogP contribution in [-0.4, -0.2) is 57.9 Å². The maximum atomic E-state index is 11.5. The second kappa shape index (κ2) is 8.32. The minimum atomic E-state index is -3.50. The Morgan fingerprint density at radius 3 is 2.35 bits per heavy atom. The molecule has 0 aliphatic carbocycles. The molecule has 0 spiro atoms. The number of phenols is 1. The molecule has 0 bridgehead atoms. The van der Waals surface area contributed by atoms with Crippen molar-refractivity contribution in [1.82, 2.24) is 0 Å². The Kier molecular flexibility index (Phi) is 8.41. The molecule has 0 aliphatic heterocycles. The van der Waals surface area contributed by atoms with Crippen molar-refractivity contribution in [2.45, 2.75) is 25.5 Å². The summed E-state index contributed by atoms with van der Waals surface area (Å²) in [7, 11) is -3.50. The monoisotopic (exact) mass is 286 g/mol. The van der Waals surface area contributed by atoms with Crippen LogP contribution in [0.2, 0.25) is 0 Å². The first-order valence-corrected chi connectivity index (χ1v) is 6.76. The molecular weight excluding hydrogens is 268 g/mol. The first kappa shape index (κ1) is 17.2. The molecule has 0 atom stereocenters. The van der Waals surface area contributed by atoms with Crippen molar-refractivity contribution < 1.29 is 17.7 Å². The number of unbranched alkanes of at least 4 members (excludes halogenated alkanes) is 1. The van der Waals surface area contributed by atoms with Crippen LogP contribution in [0.4, 0.5) is 0 Å². The molecule has 0 unspecified atom stereocenters. The van der Waals surface area contributed by atoms with E-state index >= 15 is 0 Å². The van der Waals surface area contributed by atoms with Crippen LogP contribution in [-0.2, 0) is 20.1 Å². The van der Waals surface area contributed by atoms with E-state index in [1.807, 2.05) is 6.92 Å². The fraction of sp³-hybridized carbons (Fsp3) is 0.455. The summed E-state index contributed by atoms with van der Waals surface area (Å²) < 4.78 is 27.8. The van der Waals surface area contributed by atoms with E-state index < -0.39 is 10.1 Å². The quantitative estimate of drug-likeness (QED) is 0.483. The van der Waals surface area contributed by atoms with Crippen molar-refractivity contribution >= 4 is 47.9 Å². The Bertz CT molecular complexity index is 414. The van der Waals surface area contributed by atoms with Gasteiger partial charge in [-0.05, 0) is 24.1 Å². The van der Waals surface area contributed by atoms with Gasteiger partial charge in [0.15, 0.2) is 0 Å². The molecule has 0 saturated carbocycles. The molecule has 1 rings (SSSR count). The molecule has 1 aromatic carbocycles. The average Bonchev–Trinajstić information content (AvgIpc) is 2.21. The molecule has 6 heteroatoms. The van der Waals surface area contributed by atoms with Gasteiger partial charge in [0.05, 0.1) is 6.61 Å². The predicted molar refractivity (Wildman–Crippen MR) is 70.1 cm³/mol. The van der Waals surface area contributed by atoms with Gasteiger partial charge in [-0.25, -0.2) is 0 Å². The summed E-state index contributed by atoms with van der Waals surface area (Å²) in [5.41, 5.74) is 0.606. The molecule has 0 aromatic heterocycles. The second-order valence-electron chi connectivity index (χ2n) is 3.54. The van der Waals surface area contributed by atoms with Gasteiger partial charge >= 0.3 is 37.7 Å². The average molecular weight is 286 g/mol. The van der Waals surface area contributed by atoms with Crippen LogP contribution in [0.5, 0.6) is 5.75 Å². The second-order valence-corrected chi connectivity index (χ2v) is 5.18. The number of benzene rings is 1. The summed E-state index contributed by atoms with van der Waals surface area (Å²) in [6, 6.07) is 6.04. The van der Waals surface area contributed by atoms with Crippen molar-refractivity contribution in [2.75, 3.05) is 6.61 Å². The molecule has 0 radical (unpaired) electrons. The molecule has 94 valence electrons. The summed E-state index contributed by atoms with van der Waals surface area (Å²) in [6.45, 7) is 2.20. The Balaban J connectivity index is 0.00000256. The zero-order valence-corrected chi connectivity index (χ0v) is 10.0. The summed E-state index contributed by atoms with van der Waals surface area (Å²) in [6.07, 6.45) is 1.63. The SMILES string of the molecule is CCCCOS(=O)(=O)Cc1ccc(O)cc1.[CaH2]. The van der Waals surface area contributed by atoms with E-state index in [1.54, 1.807) is 12.1 Å². The van der Waals surface area contributed by atoms with E-state index in [2.05, 4.69) is 0 Å². The third kappa shape index (κ3) is 7.26. The number of hydrogen-bond acceptors (Lipinski definition) is 4. The molecule has 0 fully saturated rings. The summed E-state index contributed by atoms with van der Waals surface area (Å²) in [5, 5.41) is 9.05. The molecule has 0 saturated heterocycles. The molecule has 4 nitrogen and oxygen atoms in total. The van der Waals surface area contributed by atoms with Gasteiger partial charge < -0.3 is 5.11 Å². The van der Waals surface area contributed by atoms with E-state index in [0.29, 0.717) is 5.56 Å². The Labute approximate surface area is 132 Å². The van der Waals surface area contributed by atoms with Crippen molar-refractivity contribution in [3.63, 3.8) is 0 Å². The predicted octanol–water partition coefficient (Wildman–Crippen LogP) is 1.12. The standard InChI is InChI=1S/C11H16O4S.Ca.2H/c1-2-3-8-15-16(13,14)9-10-4-6-11(12)7-5-10;;;/h4-7,12H,2-3,8-9H2,1H3;;;. The zero-order chi connectivity index (χ0) is 12.0. The molecule has 1 aromatic rings. The van der Waals surface area contributed by atoms with E-state index in [9.17, 15) is 8.42 Å².